The minimum Gasteiger partial charge on any atom is -0.461 e. The van der Waals surface area contributed by atoms with Crippen LogP contribution in [0.1, 0.15) is 17.4 Å². The first kappa shape index (κ1) is 17.7. The van der Waals surface area contributed by atoms with E-state index in [1.165, 1.54) is 11.3 Å². The number of thiazole rings is 1. The Morgan fingerprint density at radius 3 is 2.68 bits per heavy atom. The lowest BCUT2D eigenvalue weighted by molar-refractivity contribution is 0.0518. The van der Waals surface area contributed by atoms with Gasteiger partial charge in [-0.05, 0) is 25.1 Å². The molecule has 0 radical (unpaired) electrons. The number of carbonyl (C=O) groups is 1. The van der Waals surface area contributed by atoms with Gasteiger partial charge in [-0.3, -0.25) is 4.68 Å². The number of hydrogen-bond donors (Lipinski definition) is 1. The van der Waals surface area contributed by atoms with Crippen molar-refractivity contribution in [3.8, 4) is 11.4 Å². The monoisotopic (exact) mass is 396 g/mol. The number of aryl methyl sites for hydroxylation is 1. The van der Waals surface area contributed by atoms with Gasteiger partial charge >= 0.3 is 5.97 Å². The molecule has 0 saturated heterocycles. The van der Waals surface area contributed by atoms with Crippen molar-refractivity contribution in [1.82, 2.24) is 14.8 Å². The molecule has 0 bridgehead atoms. The molecule has 0 fully saturated rings. The number of halogens is 2. The van der Waals surface area contributed by atoms with Gasteiger partial charge in [0.15, 0.2) is 10.8 Å². The van der Waals surface area contributed by atoms with Gasteiger partial charge in [-0.25, -0.2) is 9.78 Å². The summed E-state index contributed by atoms with van der Waals surface area (Å²) in [5, 5.41) is 11.0. The van der Waals surface area contributed by atoms with E-state index >= 15 is 0 Å². The van der Waals surface area contributed by atoms with E-state index in [0.29, 0.717) is 27.5 Å². The maximum absolute atomic E-state index is 11.8. The quantitative estimate of drug-likeness (QED) is 0.628. The van der Waals surface area contributed by atoms with Crippen molar-refractivity contribution in [2.24, 2.45) is 7.05 Å². The topological polar surface area (TPSA) is 69.0 Å². The van der Waals surface area contributed by atoms with Crippen LogP contribution < -0.4 is 5.32 Å². The van der Waals surface area contributed by atoms with Gasteiger partial charge in [0, 0.05) is 34.2 Å². The SMILES string of the molecule is CCOC(=O)c1cc(-c2csc(Nc3cc(Cl)cc(Cl)c3)n2)n(C)n1. The highest BCUT2D eigenvalue weighted by Crippen LogP contribution is 2.30. The first-order valence-corrected chi connectivity index (χ1v) is 9.00. The lowest BCUT2D eigenvalue weighted by Crippen LogP contribution is -2.05. The second-order valence-corrected chi connectivity index (χ2v) is 6.81. The van der Waals surface area contributed by atoms with Crippen molar-refractivity contribution in [3.63, 3.8) is 0 Å². The van der Waals surface area contributed by atoms with Gasteiger partial charge in [0.25, 0.3) is 0 Å². The molecule has 9 heteroatoms. The van der Waals surface area contributed by atoms with Crippen LogP contribution in [-0.4, -0.2) is 27.3 Å². The number of benzene rings is 1. The molecule has 130 valence electrons. The number of aromatic nitrogens is 3. The number of nitrogens with one attached hydrogen (secondary N) is 1. The van der Waals surface area contributed by atoms with E-state index in [2.05, 4.69) is 15.4 Å². The average Bonchev–Trinajstić information content (AvgIpc) is 3.13. The largest absolute Gasteiger partial charge is 0.461 e. The van der Waals surface area contributed by atoms with Gasteiger partial charge in [-0.1, -0.05) is 23.2 Å². The van der Waals surface area contributed by atoms with Crippen LogP contribution in [-0.2, 0) is 11.8 Å². The standard InChI is InChI=1S/C16H14Cl2N4O2S/c1-3-24-15(23)12-7-14(22(2)21-12)13-8-25-16(20-13)19-11-5-9(17)4-10(18)6-11/h4-8H,3H2,1-2H3,(H,19,20). The van der Waals surface area contributed by atoms with E-state index in [4.69, 9.17) is 27.9 Å². The Hall–Kier alpha value is -2.09. The zero-order valence-corrected chi connectivity index (χ0v) is 15.7. The molecule has 1 N–H and O–H groups in total. The molecule has 0 amide bonds. The molecule has 0 aliphatic heterocycles. The van der Waals surface area contributed by atoms with Gasteiger partial charge in [0.2, 0.25) is 0 Å². The second kappa shape index (κ2) is 7.43. The summed E-state index contributed by atoms with van der Waals surface area (Å²) in [7, 11) is 1.75. The Labute approximate surface area is 158 Å². The lowest BCUT2D eigenvalue weighted by Gasteiger charge is -2.03. The van der Waals surface area contributed by atoms with Crippen LogP contribution in [0.15, 0.2) is 29.6 Å². The number of anilines is 2. The minimum atomic E-state index is -0.452. The molecule has 0 unspecified atom stereocenters. The summed E-state index contributed by atoms with van der Waals surface area (Å²) in [6.07, 6.45) is 0. The fourth-order valence-corrected chi connectivity index (χ4v) is 3.46. The third kappa shape index (κ3) is 4.12. The molecule has 0 spiro atoms. The molecule has 1 aromatic carbocycles. The first-order chi connectivity index (χ1) is 12.0. The highest BCUT2D eigenvalue weighted by atomic mass is 35.5. The van der Waals surface area contributed by atoms with Gasteiger partial charge < -0.3 is 10.1 Å². The molecule has 2 aromatic heterocycles. The Morgan fingerprint density at radius 1 is 1.28 bits per heavy atom. The molecular weight excluding hydrogens is 383 g/mol. The van der Waals surface area contributed by atoms with E-state index in [1.807, 2.05) is 5.38 Å². The zero-order chi connectivity index (χ0) is 18.0. The summed E-state index contributed by atoms with van der Waals surface area (Å²) >= 11 is 13.4. The Balaban J connectivity index is 1.83. The van der Waals surface area contributed by atoms with Crippen molar-refractivity contribution in [3.05, 3.63) is 45.4 Å². The fourth-order valence-electron chi connectivity index (χ4n) is 2.21. The maximum Gasteiger partial charge on any atom is 0.358 e. The molecule has 3 aromatic rings. The van der Waals surface area contributed by atoms with Gasteiger partial charge in [0.1, 0.15) is 5.69 Å². The van der Waals surface area contributed by atoms with Crippen molar-refractivity contribution < 1.29 is 9.53 Å². The minimum absolute atomic E-state index is 0.253. The van der Waals surface area contributed by atoms with E-state index in [9.17, 15) is 4.79 Å². The first-order valence-electron chi connectivity index (χ1n) is 7.36. The van der Waals surface area contributed by atoms with Crippen LogP contribution in [0.2, 0.25) is 10.0 Å². The Bertz CT molecular complexity index is 903. The Kier molecular flexibility index (Phi) is 5.27. The number of rotatable bonds is 5. The third-order valence-corrected chi connectivity index (χ3v) is 4.44. The van der Waals surface area contributed by atoms with Crippen LogP contribution in [0, 0.1) is 0 Å². The molecule has 0 atom stereocenters. The summed E-state index contributed by atoms with van der Waals surface area (Å²) < 4.78 is 6.57. The predicted octanol–water partition coefficient (Wildman–Crippen LogP) is 4.77. The molecule has 2 heterocycles. The van der Waals surface area contributed by atoms with Gasteiger partial charge in [-0.2, -0.15) is 5.10 Å². The van der Waals surface area contributed by atoms with Crippen LogP contribution in [0.3, 0.4) is 0 Å². The van der Waals surface area contributed by atoms with E-state index < -0.39 is 5.97 Å². The summed E-state index contributed by atoms with van der Waals surface area (Å²) in [6, 6.07) is 6.84. The lowest BCUT2D eigenvalue weighted by atomic mass is 10.3. The van der Waals surface area contributed by atoms with Crippen molar-refractivity contribution in [2.45, 2.75) is 6.92 Å². The molecule has 0 saturated carbocycles. The highest BCUT2D eigenvalue weighted by Gasteiger charge is 2.16. The molecule has 25 heavy (non-hydrogen) atoms. The summed E-state index contributed by atoms with van der Waals surface area (Å²) in [5.41, 5.74) is 2.42. The second-order valence-electron chi connectivity index (χ2n) is 5.08. The molecule has 0 aliphatic carbocycles. The third-order valence-electron chi connectivity index (χ3n) is 3.24. The predicted molar refractivity (Wildman–Crippen MR) is 100 cm³/mol. The summed E-state index contributed by atoms with van der Waals surface area (Å²) in [5.74, 6) is -0.452. The number of ether oxygens (including phenoxy) is 1. The normalized spacial score (nSPS) is 10.7. The van der Waals surface area contributed by atoms with E-state index in [-0.39, 0.29) is 5.69 Å². The highest BCUT2D eigenvalue weighted by molar-refractivity contribution is 7.14. The van der Waals surface area contributed by atoms with Crippen molar-refractivity contribution in [1.29, 1.82) is 0 Å². The molecular formula is C16H14Cl2N4O2S. The van der Waals surface area contributed by atoms with Crippen LogP contribution in [0.5, 0.6) is 0 Å². The van der Waals surface area contributed by atoms with E-state index in [1.54, 1.807) is 42.9 Å². The van der Waals surface area contributed by atoms with Crippen molar-refractivity contribution >= 4 is 51.3 Å². The van der Waals surface area contributed by atoms with E-state index in [0.717, 1.165) is 11.4 Å². The number of carbonyl (C=O) groups excluding carboxylic acids is 1. The zero-order valence-electron chi connectivity index (χ0n) is 13.4. The molecule has 3 rings (SSSR count). The van der Waals surface area contributed by atoms with Crippen molar-refractivity contribution in [2.75, 3.05) is 11.9 Å². The van der Waals surface area contributed by atoms with Crippen LogP contribution in [0.25, 0.3) is 11.4 Å². The summed E-state index contributed by atoms with van der Waals surface area (Å²) in [4.78, 5) is 16.3. The van der Waals surface area contributed by atoms with Crippen LogP contribution >= 0.6 is 34.5 Å². The number of nitrogens with zero attached hydrogens (tertiary/aromatic N) is 3. The number of hydrogen-bond acceptors (Lipinski definition) is 6. The van der Waals surface area contributed by atoms with Gasteiger partial charge in [-0.15, -0.1) is 11.3 Å². The Morgan fingerprint density at radius 2 is 2.00 bits per heavy atom. The molecule has 6 nitrogen and oxygen atoms in total. The van der Waals surface area contributed by atoms with Crippen LogP contribution in [0.4, 0.5) is 10.8 Å². The smallest absolute Gasteiger partial charge is 0.358 e. The molecule has 0 aliphatic rings. The van der Waals surface area contributed by atoms with Gasteiger partial charge in [0.05, 0.1) is 12.3 Å². The number of esters is 1. The average molecular weight is 397 g/mol. The maximum atomic E-state index is 11.8. The summed E-state index contributed by atoms with van der Waals surface area (Å²) in [6.45, 7) is 2.06. The fraction of sp³-hybridized carbons (Fsp3) is 0.188.